The average molecular weight is 250 g/mol. The van der Waals surface area contributed by atoms with Gasteiger partial charge in [0.1, 0.15) is 0 Å². The summed E-state index contributed by atoms with van der Waals surface area (Å²) in [5, 5.41) is 4.85. The predicted molar refractivity (Wildman–Crippen MR) is 73.5 cm³/mol. The Kier molecular flexibility index (Phi) is 4.45. The van der Waals surface area contributed by atoms with Crippen LogP contribution in [0.25, 0.3) is 0 Å². The van der Waals surface area contributed by atoms with E-state index < -0.39 is 0 Å². The number of aliphatic imine (C=N–C) groups is 1. The van der Waals surface area contributed by atoms with Crippen molar-refractivity contribution in [2.24, 2.45) is 4.99 Å². The number of methoxy groups -OCH3 is 1. The van der Waals surface area contributed by atoms with E-state index in [0.29, 0.717) is 17.9 Å². The zero-order chi connectivity index (χ0) is 12.1. The fraction of sp³-hybridized carbons (Fsp3) is 0.462. The third kappa shape index (κ3) is 3.48. The number of nitrogens with one attached hydrogen (secondary N) is 1. The van der Waals surface area contributed by atoms with Crippen LogP contribution in [0.15, 0.2) is 35.3 Å². The number of hydrogen-bond acceptors (Lipinski definition) is 4. The van der Waals surface area contributed by atoms with Gasteiger partial charge in [0.25, 0.3) is 0 Å². The van der Waals surface area contributed by atoms with Crippen molar-refractivity contribution >= 4 is 16.9 Å². The smallest absolute Gasteiger partial charge is 0.157 e. The van der Waals surface area contributed by atoms with Gasteiger partial charge < -0.3 is 10.1 Å². The molecule has 0 spiro atoms. The van der Waals surface area contributed by atoms with E-state index in [1.165, 1.54) is 5.56 Å². The summed E-state index contributed by atoms with van der Waals surface area (Å²) in [5.74, 6) is 0. The molecule has 0 fully saturated rings. The molecular formula is C13H18N2OS. The molecule has 0 bridgehead atoms. The standard InChI is InChI=1S/C13H18N2OS/c1-10(9-16-2)15-13-14-8-12(17-13)11-6-4-3-5-7-11/h3-7,10,12H,8-9H2,1-2H3,(H,14,15). The van der Waals surface area contributed by atoms with E-state index in [0.717, 1.165) is 11.7 Å². The molecule has 1 aliphatic rings. The molecule has 0 amide bonds. The first-order chi connectivity index (χ1) is 8.29. The minimum absolute atomic E-state index is 0.306. The second-order valence-corrected chi connectivity index (χ2v) is 5.36. The molecule has 17 heavy (non-hydrogen) atoms. The van der Waals surface area contributed by atoms with Gasteiger partial charge in [-0.2, -0.15) is 0 Å². The molecule has 0 aromatic heterocycles. The topological polar surface area (TPSA) is 33.6 Å². The van der Waals surface area contributed by atoms with Crippen molar-refractivity contribution in [2.45, 2.75) is 18.2 Å². The van der Waals surface area contributed by atoms with Gasteiger partial charge in [0, 0.05) is 13.2 Å². The van der Waals surface area contributed by atoms with Gasteiger partial charge in [0.2, 0.25) is 0 Å². The van der Waals surface area contributed by atoms with Crippen LogP contribution in [0.4, 0.5) is 0 Å². The van der Waals surface area contributed by atoms with Gasteiger partial charge in [-0.25, -0.2) is 0 Å². The van der Waals surface area contributed by atoms with Crippen molar-refractivity contribution in [3.63, 3.8) is 0 Å². The number of hydrogen-bond donors (Lipinski definition) is 1. The van der Waals surface area contributed by atoms with Crippen LogP contribution < -0.4 is 5.32 Å². The molecule has 0 aliphatic carbocycles. The molecule has 1 aromatic rings. The lowest BCUT2D eigenvalue weighted by Crippen LogP contribution is -2.33. The highest BCUT2D eigenvalue weighted by Crippen LogP contribution is 2.34. The zero-order valence-corrected chi connectivity index (χ0v) is 11.0. The van der Waals surface area contributed by atoms with Crippen molar-refractivity contribution in [1.29, 1.82) is 0 Å². The fourth-order valence-electron chi connectivity index (χ4n) is 1.80. The van der Waals surface area contributed by atoms with Gasteiger partial charge in [0.15, 0.2) is 5.17 Å². The number of amidine groups is 1. The highest BCUT2D eigenvalue weighted by Gasteiger charge is 2.21. The van der Waals surface area contributed by atoms with Crippen molar-refractivity contribution in [1.82, 2.24) is 5.32 Å². The first-order valence-electron chi connectivity index (χ1n) is 5.81. The van der Waals surface area contributed by atoms with Gasteiger partial charge in [0.05, 0.1) is 18.4 Å². The van der Waals surface area contributed by atoms with Crippen molar-refractivity contribution in [3.05, 3.63) is 35.9 Å². The van der Waals surface area contributed by atoms with Gasteiger partial charge in [-0.1, -0.05) is 42.1 Å². The minimum Gasteiger partial charge on any atom is -0.383 e. The molecule has 1 N–H and O–H groups in total. The largest absolute Gasteiger partial charge is 0.383 e. The summed E-state index contributed by atoms with van der Waals surface area (Å²) in [4.78, 5) is 4.53. The summed E-state index contributed by atoms with van der Waals surface area (Å²) in [6, 6.07) is 10.8. The molecule has 1 aliphatic heterocycles. The summed E-state index contributed by atoms with van der Waals surface area (Å²) >= 11 is 1.80. The third-order valence-electron chi connectivity index (χ3n) is 2.61. The molecule has 1 aromatic carbocycles. The van der Waals surface area contributed by atoms with E-state index in [2.05, 4.69) is 41.5 Å². The van der Waals surface area contributed by atoms with Crippen molar-refractivity contribution < 1.29 is 4.74 Å². The number of rotatable bonds is 4. The molecule has 2 unspecified atom stereocenters. The Bertz CT molecular complexity index is 380. The lowest BCUT2D eigenvalue weighted by molar-refractivity contribution is 0.179. The Morgan fingerprint density at radius 2 is 2.24 bits per heavy atom. The quantitative estimate of drug-likeness (QED) is 0.891. The number of benzene rings is 1. The van der Waals surface area contributed by atoms with Crippen LogP contribution in [0.2, 0.25) is 0 Å². The highest BCUT2D eigenvalue weighted by atomic mass is 32.2. The van der Waals surface area contributed by atoms with Crippen LogP contribution in [0, 0.1) is 0 Å². The fourth-order valence-corrected chi connectivity index (χ4v) is 2.93. The zero-order valence-electron chi connectivity index (χ0n) is 10.2. The lowest BCUT2D eigenvalue weighted by Gasteiger charge is -2.14. The van der Waals surface area contributed by atoms with Gasteiger partial charge in [-0.15, -0.1) is 0 Å². The normalized spacial score (nSPS) is 21.1. The van der Waals surface area contributed by atoms with Crippen LogP contribution >= 0.6 is 11.8 Å². The Morgan fingerprint density at radius 3 is 2.94 bits per heavy atom. The minimum atomic E-state index is 0.306. The SMILES string of the molecule is COCC(C)NC1=NCC(c2ccccc2)S1. The Morgan fingerprint density at radius 1 is 1.47 bits per heavy atom. The second-order valence-electron chi connectivity index (χ2n) is 4.16. The molecular weight excluding hydrogens is 232 g/mol. The molecule has 2 atom stereocenters. The van der Waals surface area contributed by atoms with Crippen molar-refractivity contribution in [3.8, 4) is 0 Å². The first kappa shape index (κ1) is 12.5. The molecule has 0 saturated carbocycles. The summed E-state index contributed by atoms with van der Waals surface area (Å²) in [7, 11) is 1.72. The highest BCUT2D eigenvalue weighted by molar-refractivity contribution is 8.14. The maximum Gasteiger partial charge on any atom is 0.157 e. The Labute approximate surface area is 107 Å². The van der Waals surface area contributed by atoms with Gasteiger partial charge in [-0.3, -0.25) is 4.99 Å². The van der Waals surface area contributed by atoms with E-state index in [1.54, 1.807) is 18.9 Å². The maximum atomic E-state index is 5.10. The van der Waals surface area contributed by atoms with Crippen LogP contribution in [0.3, 0.4) is 0 Å². The Hall–Kier alpha value is -1.00. The maximum absolute atomic E-state index is 5.10. The molecule has 92 valence electrons. The first-order valence-corrected chi connectivity index (χ1v) is 6.69. The van der Waals surface area contributed by atoms with Crippen LogP contribution in [0.5, 0.6) is 0 Å². The van der Waals surface area contributed by atoms with Gasteiger partial charge in [-0.05, 0) is 12.5 Å². The van der Waals surface area contributed by atoms with Crippen LogP contribution in [-0.2, 0) is 4.74 Å². The average Bonchev–Trinajstić information content (AvgIpc) is 2.79. The molecule has 0 radical (unpaired) electrons. The third-order valence-corrected chi connectivity index (χ3v) is 3.79. The second kappa shape index (κ2) is 6.07. The number of nitrogens with zero attached hydrogens (tertiary/aromatic N) is 1. The molecule has 1 heterocycles. The molecule has 2 rings (SSSR count). The van der Waals surface area contributed by atoms with E-state index >= 15 is 0 Å². The molecule has 0 saturated heterocycles. The van der Waals surface area contributed by atoms with E-state index in [4.69, 9.17) is 4.74 Å². The monoisotopic (exact) mass is 250 g/mol. The van der Waals surface area contributed by atoms with E-state index in [-0.39, 0.29) is 0 Å². The summed E-state index contributed by atoms with van der Waals surface area (Å²) in [6.45, 7) is 3.66. The number of ether oxygens (including phenoxy) is 1. The predicted octanol–water partition coefficient (Wildman–Crippen LogP) is 2.46. The van der Waals surface area contributed by atoms with Crippen molar-refractivity contribution in [2.75, 3.05) is 20.3 Å². The summed E-state index contributed by atoms with van der Waals surface area (Å²) < 4.78 is 5.10. The summed E-state index contributed by atoms with van der Waals surface area (Å²) in [6.07, 6.45) is 0. The molecule has 3 nitrogen and oxygen atoms in total. The summed E-state index contributed by atoms with van der Waals surface area (Å²) in [5.41, 5.74) is 1.34. The van der Waals surface area contributed by atoms with Crippen LogP contribution in [0.1, 0.15) is 17.7 Å². The van der Waals surface area contributed by atoms with Gasteiger partial charge >= 0.3 is 0 Å². The molecule has 4 heteroatoms. The van der Waals surface area contributed by atoms with Crippen LogP contribution in [-0.4, -0.2) is 31.5 Å². The lowest BCUT2D eigenvalue weighted by atomic mass is 10.1. The number of thioether (sulfide) groups is 1. The van der Waals surface area contributed by atoms with E-state index in [9.17, 15) is 0 Å². The van der Waals surface area contributed by atoms with E-state index in [1.807, 2.05) is 6.07 Å². The Balaban J connectivity index is 1.86.